The Bertz CT molecular complexity index is 681. The van der Waals surface area contributed by atoms with Crippen LogP contribution in [0.3, 0.4) is 0 Å². The van der Waals surface area contributed by atoms with E-state index >= 15 is 0 Å². The van der Waals surface area contributed by atoms with Gasteiger partial charge in [-0.15, -0.1) is 0 Å². The molecule has 0 atom stereocenters. The van der Waals surface area contributed by atoms with Gasteiger partial charge in [0.1, 0.15) is 0 Å². The molecule has 2 aromatic rings. The van der Waals surface area contributed by atoms with Gasteiger partial charge in [0.25, 0.3) is 5.91 Å². The fourth-order valence-corrected chi connectivity index (χ4v) is 2.82. The number of hydrogen-bond donors (Lipinski definition) is 1. The molecule has 0 radical (unpaired) electrons. The molecular weight excluding hydrogens is 312 g/mol. The summed E-state index contributed by atoms with van der Waals surface area (Å²) in [4.78, 5) is 14.8. The molecular formula is C21H28N2O2. The molecule has 0 saturated heterocycles. The Kier molecular flexibility index (Phi) is 7.64. The van der Waals surface area contributed by atoms with Crippen LogP contribution in [0.25, 0.3) is 0 Å². The number of carbonyl (C=O) groups excluding carboxylic acids is 1. The summed E-state index contributed by atoms with van der Waals surface area (Å²) in [5.74, 6) is -0.0596. The quantitative estimate of drug-likeness (QED) is 0.758. The molecule has 0 bridgehead atoms. The molecule has 0 heterocycles. The number of nitrogens with zero attached hydrogens (tertiary/aromatic N) is 1. The molecule has 2 aromatic carbocycles. The van der Waals surface area contributed by atoms with Gasteiger partial charge < -0.3 is 10.1 Å². The predicted octanol–water partition coefficient (Wildman–Crippen LogP) is 3.60. The van der Waals surface area contributed by atoms with Gasteiger partial charge in [-0.3, -0.25) is 9.69 Å². The summed E-state index contributed by atoms with van der Waals surface area (Å²) in [5.41, 5.74) is 4.09. The highest BCUT2D eigenvalue weighted by Gasteiger charge is 2.09. The van der Waals surface area contributed by atoms with Crippen molar-refractivity contribution in [3.05, 3.63) is 70.8 Å². The molecule has 1 amide bonds. The van der Waals surface area contributed by atoms with E-state index in [9.17, 15) is 4.79 Å². The van der Waals surface area contributed by atoms with Crippen LogP contribution in [0, 0.1) is 0 Å². The van der Waals surface area contributed by atoms with Crippen molar-refractivity contribution in [1.29, 1.82) is 0 Å². The second-order valence-corrected chi connectivity index (χ2v) is 6.05. The molecule has 4 heteroatoms. The van der Waals surface area contributed by atoms with E-state index in [4.69, 9.17) is 4.74 Å². The maximum atomic E-state index is 12.5. The van der Waals surface area contributed by atoms with Gasteiger partial charge in [0, 0.05) is 25.8 Å². The van der Waals surface area contributed by atoms with Crippen LogP contribution in [-0.4, -0.2) is 31.0 Å². The number of methoxy groups -OCH3 is 1. The second kappa shape index (κ2) is 9.97. The minimum atomic E-state index is -0.0596. The van der Waals surface area contributed by atoms with Gasteiger partial charge in [0.2, 0.25) is 0 Å². The number of amides is 1. The summed E-state index contributed by atoms with van der Waals surface area (Å²) in [5, 5.41) is 3.04. The van der Waals surface area contributed by atoms with Gasteiger partial charge in [-0.05, 0) is 41.9 Å². The van der Waals surface area contributed by atoms with E-state index in [0.717, 1.165) is 30.8 Å². The Morgan fingerprint density at radius 2 is 1.76 bits per heavy atom. The van der Waals surface area contributed by atoms with Gasteiger partial charge in [-0.1, -0.05) is 50.2 Å². The number of nitrogens with one attached hydrogen (secondary N) is 1. The molecule has 2 rings (SSSR count). The zero-order chi connectivity index (χ0) is 18.1. The highest BCUT2D eigenvalue weighted by molar-refractivity contribution is 5.94. The number of ether oxygens (including phenoxy) is 1. The molecule has 4 nitrogen and oxygen atoms in total. The average Bonchev–Trinajstić information content (AvgIpc) is 2.65. The highest BCUT2D eigenvalue weighted by Crippen LogP contribution is 2.12. The van der Waals surface area contributed by atoms with E-state index in [-0.39, 0.29) is 5.91 Å². The van der Waals surface area contributed by atoms with Gasteiger partial charge in [0.05, 0.1) is 6.61 Å². The molecule has 0 aromatic heterocycles. The lowest BCUT2D eigenvalue weighted by Crippen LogP contribution is -2.26. The van der Waals surface area contributed by atoms with Crippen LogP contribution in [0.5, 0.6) is 0 Å². The lowest BCUT2D eigenvalue weighted by Gasteiger charge is -2.20. The van der Waals surface area contributed by atoms with E-state index in [0.29, 0.717) is 18.7 Å². The molecule has 134 valence electrons. The largest absolute Gasteiger partial charge is 0.380 e. The van der Waals surface area contributed by atoms with Crippen molar-refractivity contribution in [3.63, 3.8) is 0 Å². The van der Waals surface area contributed by atoms with E-state index in [1.807, 2.05) is 30.3 Å². The van der Waals surface area contributed by atoms with Crippen LogP contribution in [0.15, 0.2) is 48.5 Å². The van der Waals surface area contributed by atoms with Crippen LogP contribution < -0.4 is 5.32 Å². The Morgan fingerprint density at radius 1 is 1.04 bits per heavy atom. The minimum absolute atomic E-state index is 0.0596. The molecule has 1 N–H and O–H groups in total. The summed E-state index contributed by atoms with van der Waals surface area (Å²) < 4.78 is 5.13. The first-order chi connectivity index (χ1) is 12.2. The maximum Gasteiger partial charge on any atom is 0.251 e. The number of hydrogen-bond acceptors (Lipinski definition) is 3. The smallest absolute Gasteiger partial charge is 0.251 e. The predicted molar refractivity (Wildman–Crippen MR) is 101 cm³/mol. The number of benzene rings is 2. The standard InChI is InChI=1S/C21H28N2O2/c1-4-23(5-2)15-20-11-7-6-10-19(20)14-22-21(24)18-12-8-9-17(13-18)16-25-3/h6-13H,4-5,14-16H2,1-3H3,(H,22,24). The molecule has 0 fully saturated rings. The topological polar surface area (TPSA) is 41.6 Å². The average molecular weight is 340 g/mol. The molecule has 0 aliphatic rings. The lowest BCUT2D eigenvalue weighted by atomic mass is 10.1. The van der Waals surface area contributed by atoms with Gasteiger partial charge in [-0.25, -0.2) is 0 Å². The Balaban J connectivity index is 2.03. The van der Waals surface area contributed by atoms with Crippen LogP contribution in [0.2, 0.25) is 0 Å². The van der Waals surface area contributed by atoms with E-state index in [1.165, 1.54) is 5.56 Å². The lowest BCUT2D eigenvalue weighted by molar-refractivity contribution is 0.0950. The van der Waals surface area contributed by atoms with E-state index in [2.05, 4.69) is 42.3 Å². The van der Waals surface area contributed by atoms with Crippen molar-refractivity contribution < 1.29 is 9.53 Å². The third kappa shape index (κ3) is 5.69. The van der Waals surface area contributed by atoms with Crippen LogP contribution in [0.4, 0.5) is 0 Å². The summed E-state index contributed by atoms with van der Waals surface area (Å²) in [7, 11) is 1.65. The van der Waals surface area contributed by atoms with Crippen LogP contribution in [0.1, 0.15) is 40.9 Å². The molecule has 0 saturated carbocycles. The highest BCUT2D eigenvalue weighted by atomic mass is 16.5. The van der Waals surface area contributed by atoms with Crippen molar-refractivity contribution in [2.45, 2.75) is 33.5 Å². The Morgan fingerprint density at radius 3 is 2.44 bits per heavy atom. The maximum absolute atomic E-state index is 12.5. The summed E-state index contributed by atoms with van der Waals surface area (Å²) in [6.07, 6.45) is 0. The van der Waals surface area contributed by atoms with Crippen molar-refractivity contribution in [2.75, 3.05) is 20.2 Å². The minimum Gasteiger partial charge on any atom is -0.380 e. The first kappa shape index (κ1) is 19.2. The fraction of sp³-hybridized carbons (Fsp3) is 0.381. The van der Waals surface area contributed by atoms with Crippen molar-refractivity contribution >= 4 is 5.91 Å². The SMILES string of the molecule is CCN(CC)Cc1ccccc1CNC(=O)c1cccc(COC)c1. The van der Waals surface area contributed by atoms with Gasteiger partial charge >= 0.3 is 0 Å². The van der Waals surface area contributed by atoms with Crippen LogP contribution >= 0.6 is 0 Å². The monoisotopic (exact) mass is 340 g/mol. The van der Waals surface area contributed by atoms with Crippen molar-refractivity contribution in [2.24, 2.45) is 0 Å². The summed E-state index contributed by atoms with van der Waals surface area (Å²) >= 11 is 0. The zero-order valence-electron chi connectivity index (χ0n) is 15.4. The third-order valence-electron chi connectivity index (χ3n) is 4.35. The number of carbonyl (C=O) groups is 1. The summed E-state index contributed by atoms with van der Waals surface area (Å²) in [6, 6.07) is 15.8. The first-order valence-electron chi connectivity index (χ1n) is 8.83. The second-order valence-electron chi connectivity index (χ2n) is 6.05. The third-order valence-corrected chi connectivity index (χ3v) is 4.35. The molecule has 25 heavy (non-hydrogen) atoms. The van der Waals surface area contributed by atoms with Crippen LogP contribution in [-0.2, 0) is 24.4 Å². The molecule has 0 aliphatic heterocycles. The molecule has 0 unspecified atom stereocenters. The Hall–Kier alpha value is -2.17. The van der Waals surface area contributed by atoms with Gasteiger partial charge in [0.15, 0.2) is 0 Å². The van der Waals surface area contributed by atoms with E-state index in [1.54, 1.807) is 7.11 Å². The Labute approximate surface area is 150 Å². The first-order valence-corrected chi connectivity index (χ1v) is 8.83. The zero-order valence-corrected chi connectivity index (χ0v) is 15.4. The van der Waals surface area contributed by atoms with E-state index < -0.39 is 0 Å². The van der Waals surface area contributed by atoms with Gasteiger partial charge in [-0.2, -0.15) is 0 Å². The molecule has 0 spiro atoms. The normalized spacial score (nSPS) is 10.9. The van der Waals surface area contributed by atoms with Crippen molar-refractivity contribution in [3.8, 4) is 0 Å². The summed E-state index contributed by atoms with van der Waals surface area (Å²) in [6.45, 7) is 8.32. The van der Waals surface area contributed by atoms with Crippen molar-refractivity contribution in [1.82, 2.24) is 10.2 Å². The molecule has 0 aliphatic carbocycles. The number of rotatable bonds is 9. The fourth-order valence-electron chi connectivity index (χ4n) is 2.82.